The van der Waals surface area contributed by atoms with Crippen molar-refractivity contribution in [2.45, 2.75) is 12.8 Å². The van der Waals surface area contributed by atoms with Crippen molar-refractivity contribution in [3.63, 3.8) is 0 Å². The molecule has 1 N–H and O–H groups in total. The number of hydrogen-bond acceptors (Lipinski definition) is 6. The summed E-state index contributed by atoms with van der Waals surface area (Å²) in [6.07, 6.45) is 1.66. The van der Waals surface area contributed by atoms with Gasteiger partial charge in [0.1, 0.15) is 0 Å². The summed E-state index contributed by atoms with van der Waals surface area (Å²) in [5.74, 6) is 0.467. The summed E-state index contributed by atoms with van der Waals surface area (Å²) in [5, 5.41) is 22.3. The maximum Gasteiger partial charge on any atom is 0.269 e. The zero-order valence-corrected chi connectivity index (χ0v) is 16.3. The fourth-order valence-corrected chi connectivity index (χ4v) is 3.57. The molecule has 30 heavy (non-hydrogen) atoms. The number of carbonyl (C=O) groups is 1. The van der Waals surface area contributed by atoms with Gasteiger partial charge in [-0.15, -0.1) is 10.2 Å². The van der Waals surface area contributed by atoms with Crippen molar-refractivity contribution in [1.29, 1.82) is 0 Å². The highest BCUT2D eigenvalue weighted by Gasteiger charge is 2.27. The molecule has 0 aliphatic carbocycles. The minimum absolute atomic E-state index is 0.00522. The molecule has 1 amide bonds. The third-order valence-electron chi connectivity index (χ3n) is 5.18. The normalized spacial score (nSPS) is 16.1. The third-order valence-corrected chi connectivity index (χ3v) is 5.18. The summed E-state index contributed by atoms with van der Waals surface area (Å²) in [7, 11) is 0. The van der Waals surface area contributed by atoms with Crippen LogP contribution in [-0.4, -0.2) is 34.1 Å². The van der Waals surface area contributed by atoms with Crippen LogP contribution in [0.1, 0.15) is 12.8 Å². The predicted molar refractivity (Wildman–Crippen MR) is 114 cm³/mol. The lowest BCUT2D eigenvalue weighted by Crippen LogP contribution is -2.41. The Morgan fingerprint density at radius 2 is 1.80 bits per heavy atom. The van der Waals surface area contributed by atoms with Gasteiger partial charge in [0.2, 0.25) is 5.91 Å². The first-order valence-corrected chi connectivity index (χ1v) is 9.79. The first-order valence-electron chi connectivity index (χ1n) is 9.79. The molecule has 1 atom stereocenters. The Bertz CT molecular complexity index is 1020. The molecule has 1 saturated heterocycles. The van der Waals surface area contributed by atoms with Crippen LogP contribution < -0.4 is 10.2 Å². The first kappa shape index (κ1) is 19.5. The van der Waals surface area contributed by atoms with Crippen molar-refractivity contribution < 1.29 is 9.72 Å². The Morgan fingerprint density at radius 3 is 2.47 bits per heavy atom. The fourth-order valence-electron chi connectivity index (χ4n) is 3.57. The van der Waals surface area contributed by atoms with Gasteiger partial charge in [0.25, 0.3) is 5.69 Å². The summed E-state index contributed by atoms with van der Waals surface area (Å²) in [6.45, 7) is 1.37. The molecule has 2 heterocycles. The lowest BCUT2D eigenvalue weighted by Gasteiger charge is -2.32. The molecule has 2 aromatic carbocycles. The highest BCUT2D eigenvalue weighted by atomic mass is 16.6. The Morgan fingerprint density at radius 1 is 1.03 bits per heavy atom. The first-order chi connectivity index (χ1) is 14.6. The Kier molecular flexibility index (Phi) is 5.65. The van der Waals surface area contributed by atoms with E-state index >= 15 is 0 Å². The third kappa shape index (κ3) is 4.43. The molecule has 152 valence electrons. The molecule has 8 nitrogen and oxygen atoms in total. The second kappa shape index (κ2) is 8.69. The second-order valence-electron chi connectivity index (χ2n) is 7.22. The van der Waals surface area contributed by atoms with Crippen LogP contribution >= 0.6 is 0 Å². The average Bonchev–Trinajstić information content (AvgIpc) is 2.80. The minimum atomic E-state index is -0.464. The molecule has 4 rings (SSSR count). The van der Waals surface area contributed by atoms with E-state index in [1.807, 2.05) is 42.5 Å². The SMILES string of the molecule is O=C(Nc1ccc([N+](=O)[O-])cc1)[C@H]1CCCN(c2ccc(-c3ccccc3)nn2)C1. The number of piperidine rings is 1. The number of aromatic nitrogens is 2. The average molecular weight is 403 g/mol. The summed E-state index contributed by atoms with van der Waals surface area (Å²) in [6, 6.07) is 19.6. The number of non-ortho nitro benzene ring substituents is 1. The van der Waals surface area contributed by atoms with E-state index < -0.39 is 4.92 Å². The second-order valence-corrected chi connectivity index (χ2v) is 7.22. The number of hydrogen-bond donors (Lipinski definition) is 1. The molecule has 0 unspecified atom stereocenters. The maximum atomic E-state index is 12.7. The van der Waals surface area contributed by atoms with Gasteiger partial charge in [0.05, 0.1) is 16.5 Å². The van der Waals surface area contributed by atoms with Crippen LogP contribution in [0.4, 0.5) is 17.2 Å². The Labute approximate surface area is 173 Å². The fraction of sp³-hybridized carbons (Fsp3) is 0.227. The van der Waals surface area contributed by atoms with Gasteiger partial charge in [-0.2, -0.15) is 0 Å². The minimum Gasteiger partial charge on any atom is -0.354 e. The lowest BCUT2D eigenvalue weighted by atomic mass is 9.97. The standard InChI is InChI=1S/C22H21N5O3/c28-22(23-18-8-10-19(11-9-18)27(29)30)17-7-4-14-26(15-17)21-13-12-20(24-25-21)16-5-2-1-3-6-16/h1-3,5-6,8-13,17H,4,7,14-15H2,(H,23,28)/t17-/m0/s1. The largest absolute Gasteiger partial charge is 0.354 e. The van der Waals surface area contributed by atoms with Gasteiger partial charge in [-0.25, -0.2) is 0 Å². The van der Waals surface area contributed by atoms with Crippen LogP contribution in [0.25, 0.3) is 11.3 Å². The lowest BCUT2D eigenvalue weighted by molar-refractivity contribution is -0.384. The van der Waals surface area contributed by atoms with E-state index in [2.05, 4.69) is 20.4 Å². The molecule has 0 radical (unpaired) electrons. The van der Waals surface area contributed by atoms with Crippen LogP contribution in [0, 0.1) is 16.0 Å². The number of nitrogens with zero attached hydrogens (tertiary/aromatic N) is 4. The number of nitrogens with one attached hydrogen (secondary N) is 1. The summed E-state index contributed by atoms with van der Waals surface area (Å²) in [4.78, 5) is 25.1. The number of rotatable bonds is 5. The van der Waals surface area contributed by atoms with Gasteiger partial charge in [-0.05, 0) is 37.1 Å². The van der Waals surface area contributed by atoms with E-state index in [4.69, 9.17) is 0 Å². The number of nitro groups is 1. The molecular formula is C22H21N5O3. The summed E-state index contributed by atoms with van der Waals surface area (Å²) >= 11 is 0. The molecular weight excluding hydrogens is 382 g/mol. The van der Waals surface area contributed by atoms with Crippen LogP contribution in [0.3, 0.4) is 0 Å². The number of nitro benzene ring substituents is 1. The van der Waals surface area contributed by atoms with E-state index in [9.17, 15) is 14.9 Å². The summed E-state index contributed by atoms with van der Waals surface area (Å²) in [5.41, 5.74) is 2.36. The molecule has 1 aliphatic rings. The number of carbonyl (C=O) groups excluding carboxylic acids is 1. The van der Waals surface area contributed by atoms with Crippen molar-refractivity contribution in [2.75, 3.05) is 23.3 Å². The topological polar surface area (TPSA) is 101 Å². The van der Waals surface area contributed by atoms with E-state index in [-0.39, 0.29) is 17.5 Å². The number of anilines is 2. The van der Waals surface area contributed by atoms with Crippen molar-refractivity contribution in [1.82, 2.24) is 10.2 Å². The smallest absolute Gasteiger partial charge is 0.269 e. The van der Waals surface area contributed by atoms with Crippen LogP contribution in [0.15, 0.2) is 66.7 Å². The Hall–Kier alpha value is -3.81. The monoisotopic (exact) mass is 403 g/mol. The summed E-state index contributed by atoms with van der Waals surface area (Å²) < 4.78 is 0. The Balaban J connectivity index is 1.40. The van der Waals surface area contributed by atoms with Gasteiger partial charge in [-0.3, -0.25) is 14.9 Å². The van der Waals surface area contributed by atoms with Crippen molar-refractivity contribution in [2.24, 2.45) is 5.92 Å². The van der Waals surface area contributed by atoms with E-state index in [0.29, 0.717) is 12.2 Å². The van der Waals surface area contributed by atoms with Crippen LogP contribution in [0.5, 0.6) is 0 Å². The molecule has 1 aromatic heterocycles. The molecule has 0 bridgehead atoms. The van der Waals surface area contributed by atoms with Crippen LogP contribution in [-0.2, 0) is 4.79 Å². The molecule has 8 heteroatoms. The van der Waals surface area contributed by atoms with E-state index in [0.717, 1.165) is 36.5 Å². The van der Waals surface area contributed by atoms with Gasteiger partial charge in [0.15, 0.2) is 5.82 Å². The quantitative estimate of drug-likeness (QED) is 0.512. The highest BCUT2D eigenvalue weighted by Crippen LogP contribution is 2.24. The molecule has 0 saturated carbocycles. The van der Waals surface area contributed by atoms with Gasteiger partial charge in [0, 0.05) is 36.5 Å². The number of benzene rings is 2. The van der Waals surface area contributed by atoms with Crippen molar-refractivity contribution >= 4 is 23.1 Å². The number of amides is 1. The molecule has 0 spiro atoms. The zero-order valence-electron chi connectivity index (χ0n) is 16.3. The van der Waals surface area contributed by atoms with Gasteiger partial charge >= 0.3 is 0 Å². The highest BCUT2D eigenvalue weighted by molar-refractivity contribution is 5.93. The predicted octanol–water partition coefficient (Wildman–Crippen LogP) is 3.91. The van der Waals surface area contributed by atoms with Gasteiger partial charge in [-0.1, -0.05) is 30.3 Å². The maximum absolute atomic E-state index is 12.7. The van der Waals surface area contributed by atoms with Crippen LogP contribution in [0.2, 0.25) is 0 Å². The van der Waals surface area contributed by atoms with Crippen molar-refractivity contribution in [3.05, 3.63) is 76.8 Å². The molecule has 3 aromatic rings. The van der Waals surface area contributed by atoms with E-state index in [1.54, 1.807) is 12.1 Å². The molecule has 1 fully saturated rings. The molecule has 1 aliphatic heterocycles. The van der Waals surface area contributed by atoms with Gasteiger partial charge < -0.3 is 10.2 Å². The van der Waals surface area contributed by atoms with Crippen molar-refractivity contribution in [3.8, 4) is 11.3 Å². The zero-order chi connectivity index (χ0) is 20.9. The van der Waals surface area contributed by atoms with E-state index in [1.165, 1.54) is 12.1 Å².